The summed E-state index contributed by atoms with van der Waals surface area (Å²) >= 11 is 0. The van der Waals surface area contributed by atoms with Crippen molar-refractivity contribution < 1.29 is 14.2 Å². The van der Waals surface area contributed by atoms with E-state index in [1.165, 1.54) is 18.3 Å². The summed E-state index contributed by atoms with van der Waals surface area (Å²) in [5.74, 6) is -0.375. The maximum atomic E-state index is 13.3. The van der Waals surface area contributed by atoms with Crippen LogP contribution < -0.4 is 0 Å². The van der Waals surface area contributed by atoms with Crippen molar-refractivity contribution in [2.45, 2.75) is 18.9 Å². The van der Waals surface area contributed by atoms with Crippen LogP contribution in [0, 0.1) is 11.7 Å². The van der Waals surface area contributed by atoms with Gasteiger partial charge >= 0.3 is 0 Å². The molecule has 82 valence electrons. The van der Waals surface area contributed by atoms with E-state index in [9.17, 15) is 9.50 Å². The Balaban J connectivity index is 2.12. The first kappa shape index (κ1) is 10.5. The summed E-state index contributed by atoms with van der Waals surface area (Å²) < 4.78 is 18.5. The molecule has 1 aliphatic heterocycles. The molecule has 1 saturated heterocycles. The van der Waals surface area contributed by atoms with E-state index in [2.05, 4.69) is 4.98 Å². The van der Waals surface area contributed by atoms with Crippen LogP contribution in [-0.4, -0.2) is 23.3 Å². The number of hydrogen-bond donors (Lipinski definition) is 1. The fourth-order valence-electron chi connectivity index (χ4n) is 1.87. The zero-order valence-electron chi connectivity index (χ0n) is 8.40. The summed E-state index contributed by atoms with van der Waals surface area (Å²) in [6.45, 7) is 1.27. The highest BCUT2D eigenvalue weighted by molar-refractivity contribution is 5.10. The summed E-state index contributed by atoms with van der Waals surface area (Å²) in [7, 11) is 0. The second-order valence-electron chi connectivity index (χ2n) is 3.77. The molecule has 2 rings (SSSR count). The van der Waals surface area contributed by atoms with E-state index in [1.54, 1.807) is 0 Å². The minimum atomic E-state index is -0.810. The topological polar surface area (TPSA) is 42.4 Å². The molecule has 1 fully saturated rings. The lowest BCUT2D eigenvalue weighted by molar-refractivity contribution is 0.00415. The Morgan fingerprint density at radius 1 is 1.47 bits per heavy atom. The molecule has 2 heterocycles. The van der Waals surface area contributed by atoms with Gasteiger partial charge in [-0.1, -0.05) is 0 Å². The van der Waals surface area contributed by atoms with Crippen molar-refractivity contribution in [2.75, 3.05) is 13.2 Å². The van der Waals surface area contributed by atoms with Gasteiger partial charge in [0.2, 0.25) is 0 Å². The Bertz CT molecular complexity index is 326. The maximum Gasteiger partial charge on any atom is 0.147 e. The molecule has 1 aromatic heterocycles. The smallest absolute Gasteiger partial charge is 0.147 e. The Morgan fingerprint density at radius 2 is 2.20 bits per heavy atom. The number of halogens is 1. The van der Waals surface area contributed by atoms with Gasteiger partial charge in [0.1, 0.15) is 17.6 Å². The van der Waals surface area contributed by atoms with Crippen molar-refractivity contribution in [2.24, 2.45) is 5.92 Å². The van der Waals surface area contributed by atoms with E-state index in [1.807, 2.05) is 0 Å². The van der Waals surface area contributed by atoms with E-state index >= 15 is 0 Å². The minimum Gasteiger partial charge on any atom is -0.386 e. The molecule has 0 bridgehead atoms. The van der Waals surface area contributed by atoms with Gasteiger partial charge in [-0.05, 0) is 30.9 Å². The van der Waals surface area contributed by atoms with Gasteiger partial charge in [0, 0.05) is 19.4 Å². The van der Waals surface area contributed by atoms with Gasteiger partial charge in [-0.2, -0.15) is 0 Å². The minimum absolute atomic E-state index is 0.0585. The molecule has 1 aromatic rings. The fourth-order valence-corrected chi connectivity index (χ4v) is 1.87. The number of aliphatic hydroxyl groups is 1. The molecule has 1 N–H and O–H groups in total. The first-order chi connectivity index (χ1) is 7.29. The number of ether oxygens (including phenoxy) is 1. The van der Waals surface area contributed by atoms with Crippen molar-refractivity contribution >= 4 is 0 Å². The highest BCUT2D eigenvalue weighted by Gasteiger charge is 2.26. The van der Waals surface area contributed by atoms with Crippen LogP contribution in [0.25, 0.3) is 0 Å². The molecule has 0 spiro atoms. The number of hydrogen-bond acceptors (Lipinski definition) is 3. The van der Waals surface area contributed by atoms with Gasteiger partial charge in [-0.3, -0.25) is 4.98 Å². The Morgan fingerprint density at radius 3 is 2.87 bits per heavy atom. The average Bonchev–Trinajstić information content (AvgIpc) is 2.30. The molecule has 0 aliphatic carbocycles. The van der Waals surface area contributed by atoms with Gasteiger partial charge in [0.05, 0.1) is 0 Å². The molecule has 3 nitrogen and oxygen atoms in total. The van der Waals surface area contributed by atoms with Crippen LogP contribution in [0.4, 0.5) is 4.39 Å². The molecule has 4 heteroatoms. The zero-order chi connectivity index (χ0) is 10.7. The molecule has 1 aliphatic rings. The van der Waals surface area contributed by atoms with Gasteiger partial charge in [-0.25, -0.2) is 4.39 Å². The molecular formula is C11H14FNO2. The maximum absolute atomic E-state index is 13.3. The second kappa shape index (κ2) is 4.68. The van der Waals surface area contributed by atoms with Crippen LogP contribution in [0.2, 0.25) is 0 Å². The monoisotopic (exact) mass is 211 g/mol. The van der Waals surface area contributed by atoms with Crippen LogP contribution in [0.3, 0.4) is 0 Å². The van der Waals surface area contributed by atoms with Gasteiger partial charge in [0.25, 0.3) is 0 Å². The third-order valence-corrected chi connectivity index (χ3v) is 2.78. The number of pyridine rings is 1. The molecule has 0 radical (unpaired) electrons. The lowest BCUT2D eigenvalue weighted by Gasteiger charge is -2.26. The normalized spacial score (nSPS) is 20.1. The quantitative estimate of drug-likeness (QED) is 0.809. The highest BCUT2D eigenvalue weighted by atomic mass is 19.1. The van der Waals surface area contributed by atoms with E-state index in [0.717, 1.165) is 12.8 Å². The van der Waals surface area contributed by atoms with E-state index in [-0.39, 0.29) is 11.6 Å². The van der Waals surface area contributed by atoms with Gasteiger partial charge in [-0.15, -0.1) is 0 Å². The van der Waals surface area contributed by atoms with Crippen molar-refractivity contribution in [1.82, 2.24) is 4.98 Å². The van der Waals surface area contributed by atoms with Crippen LogP contribution in [0.5, 0.6) is 0 Å². The highest BCUT2D eigenvalue weighted by Crippen LogP contribution is 2.29. The first-order valence-electron chi connectivity index (χ1n) is 5.15. The molecule has 0 saturated carbocycles. The Hall–Kier alpha value is -1.00. The number of rotatable bonds is 2. The average molecular weight is 211 g/mol. The SMILES string of the molecule is O[C@H](c1ncccc1F)C1CCOCC1. The fraction of sp³-hybridized carbons (Fsp3) is 0.545. The zero-order valence-corrected chi connectivity index (χ0v) is 8.40. The molecule has 0 aromatic carbocycles. The molecular weight excluding hydrogens is 197 g/mol. The summed E-state index contributed by atoms with van der Waals surface area (Å²) in [5, 5.41) is 9.97. The predicted molar refractivity (Wildman–Crippen MR) is 52.7 cm³/mol. The second-order valence-corrected chi connectivity index (χ2v) is 3.77. The number of aliphatic hydroxyl groups excluding tert-OH is 1. The third kappa shape index (κ3) is 2.33. The lowest BCUT2D eigenvalue weighted by atomic mass is 9.91. The number of aromatic nitrogens is 1. The predicted octanol–water partition coefficient (Wildman–Crippen LogP) is 1.68. The molecule has 15 heavy (non-hydrogen) atoms. The van der Waals surface area contributed by atoms with Gasteiger partial charge < -0.3 is 9.84 Å². The van der Waals surface area contributed by atoms with Gasteiger partial charge in [0.15, 0.2) is 0 Å². The van der Waals surface area contributed by atoms with Crippen LogP contribution >= 0.6 is 0 Å². The molecule has 0 unspecified atom stereocenters. The van der Waals surface area contributed by atoms with Crippen molar-refractivity contribution in [3.8, 4) is 0 Å². The third-order valence-electron chi connectivity index (χ3n) is 2.78. The van der Waals surface area contributed by atoms with Crippen LogP contribution in [0.15, 0.2) is 18.3 Å². The first-order valence-corrected chi connectivity index (χ1v) is 5.15. The largest absolute Gasteiger partial charge is 0.386 e. The molecule has 1 atom stereocenters. The Labute approximate surface area is 87.9 Å². The molecule has 0 amide bonds. The van der Waals surface area contributed by atoms with Crippen molar-refractivity contribution in [1.29, 1.82) is 0 Å². The van der Waals surface area contributed by atoms with Crippen molar-refractivity contribution in [3.63, 3.8) is 0 Å². The standard InChI is InChI=1S/C11H14FNO2/c12-9-2-1-5-13-10(9)11(14)8-3-6-15-7-4-8/h1-2,5,8,11,14H,3-4,6-7H2/t11-/m0/s1. The van der Waals surface area contributed by atoms with Crippen LogP contribution in [-0.2, 0) is 4.74 Å². The summed E-state index contributed by atoms with van der Waals surface area (Å²) in [4.78, 5) is 3.89. The Kier molecular flexibility index (Phi) is 3.28. The lowest BCUT2D eigenvalue weighted by Crippen LogP contribution is -2.23. The summed E-state index contributed by atoms with van der Waals surface area (Å²) in [6, 6.07) is 2.85. The van der Waals surface area contributed by atoms with E-state index in [4.69, 9.17) is 4.74 Å². The summed E-state index contributed by atoms with van der Waals surface area (Å²) in [5.41, 5.74) is 0.157. The number of nitrogens with zero attached hydrogens (tertiary/aromatic N) is 1. The van der Waals surface area contributed by atoms with Crippen molar-refractivity contribution in [3.05, 3.63) is 29.8 Å². The summed E-state index contributed by atoms with van der Waals surface area (Å²) in [6.07, 6.45) is 2.21. The van der Waals surface area contributed by atoms with E-state index < -0.39 is 11.9 Å². The van der Waals surface area contributed by atoms with E-state index in [0.29, 0.717) is 13.2 Å². The van der Waals surface area contributed by atoms with Crippen LogP contribution in [0.1, 0.15) is 24.6 Å².